The maximum atomic E-state index is 12.4. The van der Waals surface area contributed by atoms with Crippen LogP contribution in [0.4, 0.5) is 0 Å². The van der Waals surface area contributed by atoms with Crippen molar-refractivity contribution >= 4 is 16.8 Å². The van der Waals surface area contributed by atoms with E-state index in [1.165, 1.54) is 0 Å². The van der Waals surface area contributed by atoms with Gasteiger partial charge >= 0.3 is 0 Å². The molecule has 1 N–H and O–H groups in total. The van der Waals surface area contributed by atoms with Crippen LogP contribution in [0.25, 0.3) is 22.5 Å². The van der Waals surface area contributed by atoms with Gasteiger partial charge in [0.2, 0.25) is 5.91 Å². The number of para-hydroxylation sites is 1. The van der Waals surface area contributed by atoms with Crippen LogP contribution in [0.5, 0.6) is 5.75 Å². The number of likely N-dealkylation sites (N-methyl/N-ethyl adjacent to an activating group) is 1. The number of nitrogens with one attached hydrogen (secondary N) is 1. The van der Waals surface area contributed by atoms with Crippen molar-refractivity contribution in [3.63, 3.8) is 0 Å². The van der Waals surface area contributed by atoms with Crippen molar-refractivity contribution in [1.82, 2.24) is 20.0 Å². The van der Waals surface area contributed by atoms with Gasteiger partial charge in [0.15, 0.2) is 5.82 Å². The van der Waals surface area contributed by atoms with Crippen molar-refractivity contribution in [2.75, 3.05) is 20.7 Å². The third-order valence-electron chi connectivity index (χ3n) is 4.84. The Kier molecular flexibility index (Phi) is 5.29. The van der Waals surface area contributed by atoms with E-state index in [1.807, 2.05) is 54.6 Å². The van der Waals surface area contributed by atoms with Gasteiger partial charge in [-0.05, 0) is 29.8 Å². The summed E-state index contributed by atoms with van der Waals surface area (Å²) in [6, 6.07) is 17.5. The molecule has 0 aliphatic carbocycles. The van der Waals surface area contributed by atoms with Crippen LogP contribution >= 0.6 is 0 Å². The molecular weight excluding hydrogens is 368 g/mol. The van der Waals surface area contributed by atoms with Gasteiger partial charge in [-0.25, -0.2) is 0 Å². The van der Waals surface area contributed by atoms with E-state index in [9.17, 15) is 4.79 Å². The topological polar surface area (TPSA) is 84.2 Å². The molecule has 0 atom stereocenters. The highest BCUT2D eigenvalue weighted by molar-refractivity contribution is 5.84. The number of amides is 1. The van der Waals surface area contributed by atoms with Crippen LogP contribution in [0.15, 0.2) is 59.1 Å². The summed E-state index contributed by atoms with van der Waals surface area (Å²) in [7, 11) is 3.40. The molecule has 4 rings (SSSR count). The van der Waals surface area contributed by atoms with E-state index in [2.05, 4.69) is 15.1 Å². The van der Waals surface area contributed by atoms with Crippen LogP contribution in [0.3, 0.4) is 0 Å². The number of nitrogens with zero attached hydrogens (tertiary/aromatic N) is 3. The van der Waals surface area contributed by atoms with Crippen LogP contribution in [-0.2, 0) is 17.6 Å². The minimum Gasteiger partial charge on any atom is -0.497 e. The fraction of sp³-hybridized carbons (Fsp3) is 0.227. The molecular formula is C22H22N4O3. The molecule has 0 aliphatic rings. The van der Waals surface area contributed by atoms with Crippen molar-refractivity contribution in [1.29, 1.82) is 0 Å². The van der Waals surface area contributed by atoms with Gasteiger partial charge in [-0.1, -0.05) is 35.5 Å². The molecule has 0 aliphatic heterocycles. The Hall–Kier alpha value is -3.61. The maximum Gasteiger partial charge on any atom is 0.274 e. The highest BCUT2D eigenvalue weighted by atomic mass is 16.5. The van der Waals surface area contributed by atoms with Gasteiger partial charge in [-0.2, -0.15) is 4.98 Å². The first-order valence-corrected chi connectivity index (χ1v) is 9.40. The molecule has 29 heavy (non-hydrogen) atoms. The van der Waals surface area contributed by atoms with E-state index in [-0.39, 0.29) is 5.91 Å². The predicted molar refractivity (Wildman–Crippen MR) is 110 cm³/mol. The second-order valence-corrected chi connectivity index (χ2v) is 6.88. The van der Waals surface area contributed by atoms with E-state index in [1.54, 1.807) is 19.1 Å². The van der Waals surface area contributed by atoms with Gasteiger partial charge in [-0.3, -0.25) is 4.79 Å². The van der Waals surface area contributed by atoms with E-state index >= 15 is 0 Å². The molecule has 0 bridgehead atoms. The zero-order chi connectivity index (χ0) is 20.2. The fourth-order valence-electron chi connectivity index (χ4n) is 3.10. The van der Waals surface area contributed by atoms with Gasteiger partial charge in [-0.15, -0.1) is 0 Å². The Bertz CT molecular complexity index is 1080. The minimum atomic E-state index is 0.0366. The lowest BCUT2D eigenvalue weighted by Crippen LogP contribution is -2.30. The van der Waals surface area contributed by atoms with Crippen molar-refractivity contribution < 1.29 is 14.1 Å². The number of aromatic amines is 1. The highest BCUT2D eigenvalue weighted by Gasteiger charge is 2.14. The number of hydrogen-bond acceptors (Lipinski definition) is 5. The van der Waals surface area contributed by atoms with Gasteiger partial charge in [0, 0.05) is 30.9 Å². The summed E-state index contributed by atoms with van der Waals surface area (Å²) in [5.41, 5.74) is 2.75. The normalized spacial score (nSPS) is 11.0. The lowest BCUT2D eigenvalue weighted by atomic mass is 10.1. The molecule has 2 aromatic heterocycles. The number of carbonyl (C=O) groups excluding carboxylic acids is 1. The number of ether oxygens (including phenoxy) is 1. The highest BCUT2D eigenvalue weighted by Crippen LogP contribution is 2.22. The van der Waals surface area contributed by atoms with Crippen LogP contribution in [0.2, 0.25) is 0 Å². The zero-order valence-electron chi connectivity index (χ0n) is 16.4. The molecule has 2 heterocycles. The standard InChI is InChI=1S/C22H22N4O3/c1-26(21(27)13-15-7-9-17(28-2)10-8-15)12-11-20-24-22(29-25-20)19-14-16-5-3-4-6-18(16)23-19/h3-10,14,23H,11-13H2,1-2H3. The van der Waals surface area contributed by atoms with Gasteiger partial charge in [0.05, 0.1) is 13.5 Å². The third kappa shape index (κ3) is 4.29. The second kappa shape index (κ2) is 8.18. The molecule has 0 saturated heterocycles. The number of rotatable bonds is 7. The summed E-state index contributed by atoms with van der Waals surface area (Å²) >= 11 is 0. The molecule has 1 amide bonds. The first kappa shape index (κ1) is 18.7. The van der Waals surface area contributed by atoms with Crippen molar-refractivity contribution in [3.05, 3.63) is 66.0 Å². The summed E-state index contributed by atoms with van der Waals surface area (Å²) in [4.78, 5) is 21.8. The monoisotopic (exact) mass is 390 g/mol. The van der Waals surface area contributed by atoms with Crippen LogP contribution in [0, 0.1) is 0 Å². The second-order valence-electron chi connectivity index (χ2n) is 6.88. The summed E-state index contributed by atoms with van der Waals surface area (Å²) < 4.78 is 10.5. The quantitative estimate of drug-likeness (QED) is 0.522. The number of aromatic nitrogens is 3. The lowest BCUT2D eigenvalue weighted by molar-refractivity contribution is -0.129. The minimum absolute atomic E-state index is 0.0366. The summed E-state index contributed by atoms with van der Waals surface area (Å²) in [6.07, 6.45) is 0.863. The Morgan fingerprint density at radius 3 is 2.72 bits per heavy atom. The van der Waals surface area contributed by atoms with E-state index < -0.39 is 0 Å². The van der Waals surface area contributed by atoms with Gasteiger partial charge in [0.1, 0.15) is 11.4 Å². The molecule has 0 spiro atoms. The van der Waals surface area contributed by atoms with Gasteiger partial charge < -0.3 is 19.1 Å². The van der Waals surface area contributed by atoms with E-state index in [0.717, 1.165) is 27.9 Å². The number of hydrogen-bond donors (Lipinski definition) is 1. The zero-order valence-corrected chi connectivity index (χ0v) is 16.4. The molecule has 0 radical (unpaired) electrons. The molecule has 0 unspecified atom stereocenters. The SMILES string of the molecule is COc1ccc(CC(=O)N(C)CCc2noc(-c3cc4ccccc4[nH]3)n2)cc1. The Labute approximate surface area is 168 Å². The number of methoxy groups -OCH3 is 1. The number of benzene rings is 2. The molecule has 0 fully saturated rings. The van der Waals surface area contributed by atoms with Crippen molar-refractivity contribution in [3.8, 4) is 17.3 Å². The molecule has 2 aromatic carbocycles. The van der Waals surface area contributed by atoms with Crippen LogP contribution in [-0.4, -0.2) is 46.6 Å². The maximum absolute atomic E-state index is 12.4. The first-order chi connectivity index (χ1) is 14.1. The molecule has 7 heteroatoms. The van der Waals surface area contributed by atoms with Gasteiger partial charge in [0.25, 0.3) is 5.89 Å². The Morgan fingerprint density at radius 1 is 1.17 bits per heavy atom. The molecule has 148 valence electrons. The lowest BCUT2D eigenvalue weighted by Gasteiger charge is -2.16. The Morgan fingerprint density at radius 2 is 1.97 bits per heavy atom. The third-order valence-corrected chi connectivity index (χ3v) is 4.84. The number of fused-ring (bicyclic) bond motifs is 1. The predicted octanol–water partition coefficient (Wildman–Crippen LogP) is 3.47. The van der Waals surface area contributed by atoms with E-state index in [0.29, 0.717) is 31.1 Å². The summed E-state index contributed by atoms with van der Waals surface area (Å²) in [5, 5.41) is 5.13. The smallest absolute Gasteiger partial charge is 0.274 e. The summed E-state index contributed by atoms with van der Waals surface area (Å²) in [6.45, 7) is 0.515. The summed E-state index contributed by atoms with van der Waals surface area (Å²) in [5.74, 6) is 1.83. The largest absolute Gasteiger partial charge is 0.497 e. The molecule has 4 aromatic rings. The van der Waals surface area contributed by atoms with Crippen LogP contribution in [0.1, 0.15) is 11.4 Å². The molecule has 7 nitrogen and oxygen atoms in total. The van der Waals surface area contributed by atoms with Crippen molar-refractivity contribution in [2.45, 2.75) is 12.8 Å². The fourth-order valence-corrected chi connectivity index (χ4v) is 3.10. The first-order valence-electron chi connectivity index (χ1n) is 9.40. The Balaban J connectivity index is 1.34. The number of carbonyl (C=O) groups is 1. The molecule has 0 saturated carbocycles. The van der Waals surface area contributed by atoms with Crippen LogP contribution < -0.4 is 4.74 Å². The van der Waals surface area contributed by atoms with E-state index in [4.69, 9.17) is 9.26 Å². The van der Waals surface area contributed by atoms with Crippen molar-refractivity contribution in [2.24, 2.45) is 0 Å². The number of H-pyrrole nitrogens is 1. The average molecular weight is 390 g/mol. The average Bonchev–Trinajstić information content (AvgIpc) is 3.39.